The first kappa shape index (κ1) is 15.9. The molecule has 2 N–H and O–H groups in total. The highest BCUT2D eigenvalue weighted by atomic mass is 19.1. The van der Waals surface area contributed by atoms with Gasteiger partial charge in [-0.25, -0.2) is 9.37 Å². The fourth-order valence-electron chi connectivity index (χ4n) is 2.41. The number of hydrogen-bond donors (Lipinski definition) is 1. The molecule has 0 aliphatic heterocycles. The molecule has 0 amide bonds. The number of hydrogen-bond acceptors (Lipinski definition) is 3. The monoisotopic (exact) mass is 267 g/mol. The van der Waals surface area contributed by atoms with Crippen LogP contribution in [0, 0.1) is 11.7 Å². The zero-order chi connectivity index (χ0) is 14.4. The van der Waals surface area contributed by atoms with Crippen LogP contribution in [0.4, 0.5) is 10.2 Å². The van der Waals surface area contributed by atoms with Gasteiger partial charge in [0.25, 0.3) is 0 Å². The Hall–Kier alpha value is -1.16. The summed E-state index contributed by atoms with van der Waals surface area (Å²) in [6.07, 6.45) is 3.38. The minimum Gasteiger partial charge on any atom is -0.353 e. The van der Waals surface area contributed by atoms with Crippen molar-refractivity contribution >= 4 is 5.82 Å². The molecule has 1 aromatic rings. The average molecular weight is 267 g/mol. The van der Waals surface area contributed by atoms with Crippen LogP contribution >= 0.6 is 0 Å². The van der Waals surface area contributed by atoms with Gasteiger partial charge in [0.15, 0.2) is 0 Å². The maximum absolute atomic E-state index is 13.3. The van der Waals surface area contributed by atoms with Crippen molar-refractivity contribution in [2.24, 2.45) is 11.7 Å². The molecule has 0 aromatic carbocycles. The molecule has 0 spiro atoms. The lowest BCUT2D eigenvalue weighted by Crippen LogP contribution is -2.38. The molecule has 0 aliphatic rings. The second kappa shape index (κ2) is 7.43. The molecule has 0 unspecified atom stereocenters. The van der Waals surface area contributed by atoms with E-state index in [1.807, 2.05) is 0 Å². The SMILES string of the molecule is CCC(CC)N(CC(C)C)c1ncc(F)cc1CN. The van der Waals surface area contributed by atoms with Crippen LogP contribution in [0.15, 0.2) is 12.3 Å². The van der Waals surface area contributed by atoms with E-state index in [-0.39, 0.29) is 5.82 Å². The molecule has 1 rings (SSSR count). The van der Waals surface area contributed by atoms with Gasteiger partial charge in [0.2, 0.25) is 0 Å². The smallest absolute Gasteiger partial charge is 0.141 e. The lowest BCUT2D eigenvalue weighted by molar-refractivity contribution is 0.500. The van der Waals surface area contributed by atoms with Crippen molar-refractivity contribution in [1.82, 2.24) is 4.98 Å². The molecule has 3 nitrogen and oxygen atoms in total. The van der Waals surface area contributed by atoms with Crippen LogP contribution in [0.25, 0.3) is 0 Å². The van der Waals surface area contributed by atoms with E-state index in [1.54, 1.807) is 0 Å². The van der Waals surface area contributed by atoms with E-state index in [0.717, 1.165) is 30.8 Å². The van der Waals surface area contributed by atoms with Gasteiger partial charge in [-0.1, -0.05) is 27.7 Å². The third-order valence-electron chi connectivity index (χ3n) is 3.35. The third-order valence-corrected chi connectivity index (χ3v) is 3.35. The second-order valence-electron chi connectivity index (χ2n) is 5.36. The highest BCUT2D eigenvalue weighted by Crippen LogP contribution is 2.24. The summed E-state index contributed by atoms with van der Waals surface area (Å²) < 4.78 is 13.3. The summed E-state index contributed by atoms with van der Waals surface area (Å²) in [6.45, 7) is 9.94. The molecule has 0 atom stereocenters. The van der Waals surface area contributed by atoms with E-state index < -0.39 is 0 Å². The molecule has 4 heteroatoms. The summed E-state index contributed by atoms with van der Waals surface area (Å²) >= 11 is 0. The fraction of sp³-hybridized carbons (Fsp3) is 0.667. The number of halogens is 1. The molecule has 19 heavy (non-hydrogen) atoms. The van der Waals surface area contributed by atoms with Gasteiger partial charge in [0.1, 0.15) is 11.6 Å². The van der Waals surface area contributed by atoms with E-state index in [1.165, 1.54) is 12.3 Å². The molecule has 0 saturated carbocycles. The van der Waals surface area contributed by atoms with Crippen molar-refractivity contribution in [1.29, 1.82) is 0 Å². The van der Waals surface area contributed by atoms with E-state index in [4.69, 9.17) is 5.73 Å². The van der Waals surface area contributed by atoms with E-state index in [2.05, 4.69) is 37.6 Å². The summed E-state index contributed by atoms with van der Waals surface area (Å²) in [6, 6.07) is 1.92. The van der Waals surface area contributed by atoms with Gasteiger partial charge in [-0.15, -0.1) is 0 Å². The van der Waals surface area contributed by atoms with Gasteiger partial charge in [-0.2, -0.15) is 0 Å². The Morgan fingerprint density at radius 3 is 2.42 bits per heavy atom. The van der Waals surface area contributed by atoms with Crippen LogP contribution in [0.1, 0.15) is 46.1 Å². The normalized spacial score (nSPS) is 11.4. The molecule has 0 radical (unpaired) electrons. The maximum Gasteiger partial charge on any atom is 0.141 e. The number of pyridine rings is 1. The zero-order valence-corrected chi connectivity index (χ0v) is 12.5. The molecular weight excluding hydrogens is 241 g/mol. The Morgan fingerprint density at radius 2 is 1.95 bits per heavy atom. The summed E-state index contributed by atoms with van der Waals surface area (Å²) in [5, 5.41) is 0. The van der Waals surface area contributed by atoms with Gasteiger partial charge < -0.3 is 10.6 Å². The van der Waals surface area contributed by atoms with E-state index >= 15 is 0 Å². The van der Waals surface area contributed by atoms with Crippen LogP contribution in [0.3, 0.4) is 0 Å². The first-order chi connectivity index (χ1) is 9.03. The highest BCUT2D eigenvalue weighted by molar-refractivity contribution is 5.48. The van der Waals surface area contributed by atoms with Gasteiger partial charge in [-0.3, -0.25) is 0 Å². The molecule has 0 fully saturated rings. The van der Waals surface area contributed by atoms with Crippen LogP contribution in [-0.4, -0.2) is 17.6 Å². The topological polar surface area (TPSA) is 42.2 Å². The van der Waals surface area contributed by atoms with Gasteiger partial charge in [0.05, 0.1) is 6.20 Å². The highest BCUT2D eigenvalue weighted by Gasteiger charge is 2.20. The summed E-state index contributed by atoms with van der Waals surface area (Å²) in [5.41, 5.74) is 6.52. The summed E-state index contributed by atoms with van der Waals surface area (Å²) in [4.78, 5) is 6.57. The third kappa shape index (κ3) is 4.16. The Kier molecular flexibility index (Phi) is 6.22. The van der Waals surface area contributed by atoms with E-state index in [0.29, 0.717) is 18.5 Å². The predicted octanol–water partition coefficient (Wildman–Crippen LogP) is 3.33. The lowest BCUT2D eigenvalue weighted by Gasteiger charge is -2.34. The standard InChI is InChI=1S/C15H26FN3/c1-5-14(6-2)19(10-11(3)4)15-12(8-17)7-13(16)9-18-15/h7,9,11,14H,5-6,8,10,17H2,1-4H3. The Balaban J connectivity index is 3.15. The maximum atomic E-state index is 13.3. The van der Waals surface area contributed by atoms with Gasteiger partial charge in [-0.05, 0) is 24.8 Å². The summed E-state index contributed by atoms with van der Waals surface area (Å²) in [7, 11) is 0. The van der Waals surface area contributed by atoms with Crippen LogP contribution in [0.5, 0.6) is 0 Å². The minimum absolute atomic E-state index is 0.314. The van der Waals surface area contributed by atoms with Crippen molar-refractivity contribution in [3.63, 3.8) is 0 Å². The summed E-state index contributed by atoms with van der Waals surface area (Å²) in [5.74, 6) is 1.04. The van der Waals surface area contributed by atoms with Crippen LogP contribution in [-0.2, 0) is 6.54 Å². The van der Waals surface area contributed by atoms with Crippen LogP contribution < -0.4 is 10.6 Å². The second-order valence-corrected chi connectivity index (χ2v) is 5.36. The van der Waals surface area contributed by atoms with E-state index in [9.17, 15) is 4.39 Å². The molecule has 0 saturated heterocycles. The molecule has 1 heterocycles. The number of anilines is 1. The Labute approximate surface area is 116 Å². The zero-order valence-electron chi connectivity index (χ0n) is 12.5. The number of nitrogens with zero attached hydrogens (tertiary/aromatic N) is 2. The quantitative estimate of drug-likeness (QED) is 0.824. The Bertz CT molecular complexity index is 389. The van der Waals surface area contributed by atoms with Crippen molar-refractivity contribution in [3.05, 3.63) is 23.6 Å². The minimum atomic E-state index is -0.321. The lowest BCUT2D eigenvalue weighted by atomic mass is 10.1. The van der Waals surface area contributed by atoms with Crippen molar-refractivity contribution < 1.29 is 4.39 Å². The van der Waals surface area contributed by atoms with Crippen molar-refractivity contribution in [2.75, 3.05) is 11.4 Å². The fourth-order valence-corrected chi connectivity index (χ4v) is 2.41. The van der Waals surface area contributed by atoms with Crippen molar-refractivity contribution in [2.45, 2.75) is 53.1 Å². The predicted molar refractivity (Wildman–Crippen MR) is 78.6 cm³/mol. The van der Waals surface area contributed by atoms with Gasteiger partial charge in [0, 0.05) is 24.7 Å². The first-order valence-electron chi connectivity index (χ1n) is 7.14. The number of rotatable bonds is 7. The molecule has 0 aliphatic carbocycles. The molecule has 1 aromatic heterocycles. The average Bonchev–Trinajstić information content (AvgIpc) is 2.38. The van der Waals surface area contributed by atoms with Crippen molar-refractivity contribution in [3.8, 4) is 0 Å². The number of aromatic nitrogens is 1. The number of nitrogens with two attached hydrogens (primary N) is 1. The Morgan fingerprint density at radius 1 is 1.32 bits per heavy atom. The van der Waals surface area contributed by atoms with Crippen LogP contribution in [0.2, 0.25) is 0 Å². The molecule has 108 valence electrons. The molecule has 0 bridgehead atoms. The molecular formula is C15H26FN3. The van der Waals surface area contributed by atoms with Gasteiger partial charge >= 0.3 is 0 Å². The largest absolute Gasteiger partial charge is 0.353 e. The first-order valence-corrected chi connectivity index (χ1v) is 7.14.